The molecule has 0 radical (unpaired) electrons. The molecule has 20 heavy (non-hydrogen) atoms. The summed E-state index contributed by atoms with van der Waals surface area (Å²) in [7, 11) is 0. The third kappa shape index (κ3) is 5.07. The number of urea groups is 1. The van der Waals surface area contributed by atoms with Crippen molar-refractivity contribution in [1.29, 1.82) is 0 Å². The molecule has 3 unspecified atom stereocenters. The number of rotatable bonds is 7. The van der Waals surface area contributed by atoms with E-state index in [0.29, 0.717) is 6.42 Å². The monoisotopic (exact) mass is 285 g/mol. The van der Waals surface area contributed by atoms with E-state index in [1.165, 1.54) is 0 Å². The SMILES string of the molecule is CCC(C)C(NC(=O)NC(C)C(=O)NC1CC1)C(=O)O. The van der Waals surface area contributed by atoms with Crippen LogP contribution in [-0.2, 0) is 9.59 Å². The van der Waals surface area contributed by atoms with E-state index in [4.69, 9.17) is 5.11 Å². The molecule has 0 heterocycles. The Morgan fingerprint density at radius 2 is 1.80 bits per heavy atom. The lowest BCUT2D eigenvalue weighted by Gasteiger charge is -2.21. The van der Waals surface area contributed by atoms with Crippen LogP contribution >= 0.6 is 0 Å². The number of hydrogen-bond acceptors (Lipinski definition) is 3. The molecule has 0 aromatic heterocycles. The van der Waals surface area contributed by atoms with Crippen molar-refractivity contribution in [3.63, 3.8) is 0 Å². The van der Waals surface area contributed by atoms with Gasteiger partial charge < -0.3 is 21.1 Å². The zero-order valence-electron chi connectivity index (χ0n) is 12.1. The molecule has 0 saturated heterocycles. The van der Waals surface area contributed by atoms with Gasteiger partial charge in [-0.05, 0) is 25.7 Å². The van der Waals surface area contributed by atoms with Crippen LogP contribution in [0.15, 0.2) is 0 Å². The van der Waals surface area contributed by atoms with E-state index in [2.05, 4.69) is 16.0 Å². The number of aliphatic carboxylic acids is 1. The molecule has 0 aromatic carbocycles. The largest absolute Gasteiger partial charge is 0.480 e. The summed E-state index contributed by atoms with van der Waals surface area (Å²) in [6, 6.07) is -2.07. The number of amides is 3. The maximum absolute atomic E-state index is 11.7. The van der Waals surface area contributed by atoms with E-state index in [9.17, 15) is 14.4 Å². The summed E-state index contributed by atoms with van der Waals surface area (Å²) < 4.78 is 0. The quantitative estimate of drug-likeness (QED) is 0.544. The summed E-state index contributed by atoms with van der Waals surface area (Å²) in [6.45, 7) is 5.17. The third-order valence-corrected chi connectivity index (χ3v) is 3.43. The fraction of sp³-hybridized carbons (Fsp3) is 0.769. The van der Waals surface area contributed by atoms with Crippen molar-refractivity contribution in [2.24, 2.45) is 5.92 Å². The number of carboxylic acids is 1. The fourth-order valence-corrected chi connectivity index (χ4v) is 1.68. The van der Waals surface area contributed by atoms with Crippen LogP contribution in [-0.4, -0.2) is 41.1 Å². The van der Waals surface area contributed by atoms with Crippen molar-refractivity contribution in [1.82, 2.24) is 16.0 Å². The highest BCUT2D eigenvalue weighted by Gasteiger charge is 2.28. The van der Waals surface area contributed by atoms with Gasteiger partial charge in [-0.3, -0.25) is 4.79 Å². The first-order chi connectivity index (χ1) is 9.35. The van der Waals surface area contributed by atoms with Gasteiger partial charge in [0.1, 0.15) is 12.1 Å². The topological polar surface area (TPSA) is 108 Å². The third-order valence-electron chi connectivity index (χ3n) is 3.43. The summed E-state index contributed by atoms with van der Waals surface area (Å²) in [5.74, 6) is -1.52. The molecule has 0 spiro atoms. The molecule has 0 aliphatic heterocycles. The normalized spacial score (nSPS) is 18.6. The Balaban J connectivity index is 2.43. The Morgan fingerprint density at radius 1 is 1.20 bits per heavy atom. The Morgan fingerprint density at radius 3 is 2.25 bits per heavy atom. The molecular weight excluding hydrogens is 262 g/mol. The number of hydrogen-bond donors (Lipinski definition) is 4. The second kappa shape index (κ2) is 7.12. The molecule has 0 aromatic rings. The highest BCUT2D eigenvalue weighted by atomic mass is 16.4. The molecule has 1 saturated carbocycles. The molecule has 7 nitrogen and oxygen atoms in total. The summed E-state index contributed by atoms with van der Waals surface area (Å²) in [6.07, 6.45) is 2.58. The van der Waals surface area contributed by atoms with Gasteiger partial charge in [0.15, 0.2) is 0 Å². The lowest BCUT2D eigenvalue weighted by molar-refractivity contribution is -0.140. The number of carbonyl (C=O) groups is 3. The first kappa shape index (κ1) is 16.3. The van der Waals surface area contributed by atoms with Crippen LogP contribution in [0.5, 0.6) is 0 Å². The molecule has 114 valence electrons. The predicted molar refractivity (Wildman–Crippen MR) is 73.2 cm³/mol. The Kier molecular flexibility index (Phi) is 5.79. The van der Waals surface area contributed by atoms with Crippen molar-refractivity contribution in [2.45, 2.75) is 58.2 Å². The van der Waals surface area contributed by atoms with Crippen molar-refractivity contribution < 1.29 is 19.5 Å². The molecule has 4 N–H and O–H groups in total. The van der Waals surface area contributed by atoms with E-state index in [-0.39, 0.29) is 17.9 Å². The number of carbonyl (C=O) groups excluding carboxylic acids is 2. The minimum Gasteiger partial charge on any atom is -0.480 e. The average Bonchev–Trinajstić information content (AvgIpc) is 3.18. The summed E-state index contributed by atoms with van der Waals surface area (Å²) in [5.41, 5.74) is 0. The van der Waals surface area contributed by atoms with Gasteiger partial charge in [-0.15, -0.1) is 0 Å². The van der Waals surface area contributed by atoms with Crippen LogP contribution in [0, 0.1) is 5.92 Å². The zero-order valence-corrected chi connectivity index (χ0v) is 12.1. The van der Waals surface area contributed by atoms with E-state index in [1.807, 2.05) is 6.92 Å². The highest BCUT2D eigenvalue weighted by molar-refractivity contribution is 5.88. The second-order valence-corrected chi connectivity index (χ2v) is 5.32. The van der Waals surface area contributed by atoms with Crippen LogP contribution in [0.4, 0.5) is 4.79 Å². The van der Waals surface area contributed by atoms with Gasteiger partial charge in [0.25, 0.3) is 0 Å². The van der Waals surface area contributed by atoms with Crippen molar-refractivity contribution in [3.8, 4) is 0 Å². The molecule has 1 aliphatic carbocycles. The first-order valence-corrected chi connectivity index (χ1v) is 6.95. The van der Waals surface area contributed by atoms with Crippen LogP contribution < -0.4 is 16.0 Å². The van der Waals surface area contributed by atoms with Gasteiger partial charge in [0, 0.05) is 6.04 Å². The van der Waals surface area contributed by atoms with E-state index in [1.54, 1.807) is 13.8 Å². The molecule has 3 atom stereocenters. The van der Waals surface area contributed by atoms with Crippen LogP contribution in [0.1, 0.15) is 40.0 Å². The van der Waals surface area contributed by atoms with Crippen LogP contribution in [0.2, 0.25) is 0 Å². The highest BCUT2D eigenvalue weighted by Crippen LogP contribution is 2.18. The predicted octanol–water partition coefficient (Wildman–Crippen LogP) is 0.452. The first-order valence-electron chi connectivity index (χ1n) is 6.95. The minimum absolute atomic E-state index is 0.186. The van der Waals surface area contributed by atoms with Gasteiger partial charge in [-0.2, -0.15) is 0 Å². The van der Waals surface area contributed by atoms with E-state index in [0.717, 1.165) is 12.8 Å². The van der Waals surface area contributed by atoms with Crippen LogP contribution in [0.25, 0.3) is 0 Å². The molecular formula is C13H23N3O4. The van der Waals surface area contributed by atoms with E-state index >= 15 is 0 Å². The average molecular weight is 285 g/mol. The van der Waals surface area contributed by atoms with Gasteiger partial charge in [0.2, 0.25) is 5.91 Å². The molecule has 7 heteroatoms. The lowest BCUT2D eigenvalue weighted by Crippen LogP contribution is -2.54. The Labute approximate surface area is 118 Å². The second-order valence-electron chi connectivity index (χ2n) is 5.32. The molecule has 1 fully saturated rings. The van der Waals surface area contributed by atoms with Crippen molar-refractivity contribution >= 4 is 17.9 Å². The fourth-order valence-electron chi connectivity index (χ4n) is 1.68. The summed E-state index contributed by atoms with van der Waals surface area (Å²) in [5, 5.41) is 16.7. The van der Waals surface area contributed by atoms with Crippen molar-refractivity contribution in [3.05, 3.63) is 0 Å². The number of nitrogens with one attached hydrogen (secondary N) is 3. The minimum atomic E-state index is -1.08. The van der Waals surface area contributed by atoms with Gasteiger partial charge in [-0.25, -0.2) is 9.59 Å². The number of carboxylic acid groups (broad SMARTS) is 1. The van der Waals surface area contributed by atoms with Gasteiger partial charge >= 0.3 is 12.0 Å². The molecule has 3 amide bonds. The lowest BCUT2D eigenvalue weighted by atomic mass is 9.99. The van der Waals surface area contributed by atoms with Crippen LogP contribution in [0.3, 0.4) is 0 Å². The summed E-state index contributed by atoms with van der Waals surface area (Å²) >= 11 is 0. The maximum Gasteiger partial charge on any atom is 0.326 e. The standard InChI is InChI=1S/C13H23N3O4/c1-4-7(2)10(12(18)19)16-13(20)14-8(3)11(17)15-9-5-6-9/h7-10H,4-6H2,1-3H3,(H,15,17)(H,18,19)(H2,14,16,20). The zero-order chi connectivity index (χ0) is 15.3. The molecule has 0 bridgehead atoms. The molecule has 1 aliphatic rings. The van der Waals surface area contributed by atoms with Crippen molar-refractivity contribution in [2.75, 3.05) is 0 Å². The smallest absolute Gasteiger partial charge is 0.326 e. The summed E-state index contributed by atoms with van der Waals surface area (Å²) in [4.78, 5) is 34.5. The van der Waals surface area contributed by atoms with Gasteiger partial charge in [0.05, 0.1) is 0 Å². The van der Waals surface area contributed by atoms with Gasteiger partial charge in [-0.1, -0.05) is 20.3 Å². The maximum atomic E-state index is 11.7. The Bertz CT molecular complexity index is 382. The Hall–Kier alpha value is -1.79. The van der Waals surface area contributed by atoms with E-state index < -0.39 is 24.1 Å². The molecule has 1 rings (SSSR count).